The van der Waals surface area contributed by atoms with Gasteiger partial charge in [0.05, 0.1) is 0 Å². The van der Waals surface area contributed by atoms with E-state index in [4.69, 9.17) is 10.3 Å². The molecule has 116 valence electrons. The molecule has 0 unspecified atom stereocenters. The Labute approximate surface area is 129 Å². The van der Waals surface area contributed by atoms with Gasteiger partial charge in [0.15, 0.2) is 5.82 Å². The van der Waals surface area contributed by atoms with Crippen molar-refractivity contribution in [3.05, 3.63) is 47.6 Å². The van der Waals surface area contributed by atoms with Crippen LogP contribution in [0, 0.1) is 0 Å². The second kappa shape index (κ2) is 6.27. The van der Waals surface area contributed by atoms with E-state index in [1.807, 2.05) is 30.3 Å². The summed E-state index contributed by atoms with van der Waals surface area (Å²) in [5.41, 5.74) is 6.83. The SMILES string of the molecule is CN(CCc1noc(C2CC2)n1)C(=O)[C@H](N)c1ccccc1. The number of rotatable bonds is 6. The van der Waals surface area contributed by atoms with Crippen LogP contribution in [-0.2, 0) is 11.2 Å². The van der Waals surface area contributed by atoms with Crippen LogP contribution in [0.3, 0.4) is 0 Å². The topological polar surface area (TPSA) is 85.2 Å². The maximum absolute atomic E-state index is 12.3. The summed E-state index contributed by atoms with van der Waals surface area (Å²) in [6.07, 6.45) is 2.83. The van der Waals surface area contributed by atoms with Gasteiger partial charge < -0.3 is 15.2 Å². The zero-order valence-corrected chi connectivity index (χ0v) is 12.6. The number of nitrogens with zero attached hydrogens (tertiary/aromatic N) is 3. The molecule has 2 N–H and O–H groups in total. The molecular formula is C16H20N4O2. The molecule has 3 rings (SSSR count). The van der Waals surface area contributed by atoms with Gasteiger partial charge in [0.1, 0.15) is 6.04 Å². The first kappa shape index (κ1) is 14.7. The zero-order chi connectivity index (χ0) is 15.5. The van der Waals surface area contributed by atoms with Crippen LogP contribution < -0.4 is 5.73 Å². The summed E-state index contributed by atoms with van der Waals surface area (Å²) in [5.74, 6) is 1.71. The van der Waals surface area contributed by atoms with Gasteiger partial charge in [-0.15, -0.1) is 0 Å². The van der Waals surface area contributed by atoms with Crippen molar-refractivity contribution in [2.24, 2.45) is 5.73 Å². The molecule has 6 nitrogen and oxygen atoms in total. The van der Waals surface area contributed by atoms with E-state index in [0.717, 1.165) is 24.3 Å². The van der Waals surface area contributed by atoms with Gasteiger partial charge in [-0.1, -0.05) is 35.5 Å². The predicted molar refractivity (Wildman–Crippen MR) is 81.0 cm³/mol. The summed E-state index contributed by atoms with van der Waals surface area (Å²) < 4.78 is 5.21. The Morgan fingerprint density at radius 3 is 2.82 bits per heavy atom. The van der Waals surface area contributed by atoms with E-state index in [0.29, 0.717) is 24.7 Å². The number of hydrogen-bond donors (Lipinski definition) is 1. The fraction of sp³-hybridized carbons (Fsp3) is 0.438. The third-order valence-electron chi connectivity index (χ3n) is 3.88. The molecule has 1 aliphatic carbocycles. The molecule has 1 heterocycles. The summed E-state index contributed by atoms with van der Waals surface area (Å²) in [6, 6.07) is 8.73. The Kier molecular flexibility index (Phi) is 4.20. The van der Waals surface area contributed by atoms with Crippen molar-refractivity contribution in [1.82, 2.24) is 15.0 Å². The van der Waals surface area contributed by atoms with E-state index < -0.39 is 6.04 Å². The summed E-state index contributed by atoms with van der Waals surface area (Å²) >= 11 is 0. The van der Waals surface area contributed by atoms with Crippen molar-refractivity contribution < 1.29 is 9.32 Å². The largest absolute Gasteiger partial charge is 0.344 e. The lowest BCUT2D eigenvalue weighted by Crippen LogP contribution is -2.37. The molecule has 1 aliphatic rings. The van der Waals surface area contributed by atoms with Crippen LogP contribution in [-0.4, -0.2) is 34.5 Å². The highest BCUT2D eigenvalue weighted by molar-refractivity contribution is 5.82. The van der Waals surface area contributed by atoms with Crippen molar-refractivity contribution in [3.8, 4) is 0 Å². The Bertz CT molecular complexity index is 637. The number of nitrogens with two attached hydrogens (primary N) is 1. The molecule has 2 aromatic rings. The van der Waals surface area contributed by atoms with Gasteiger partial charge >= 0.3 is 0 Å². The van der Waals surface area contributed by atoms with Crippen molar-refractivity contribution in [3.63, 3.8) is 0 Å². The van der Waals surface area contributed by atoms with Gasteiger partial charge in [0, 0.05) is 25.9 Å². The maximum atomic E-state index is 12.3. The average Bonchev–Trinajstić information content (AvgIpc) is 3.30. The summed E-state index contributed by atoms with van der Waals surface area (Å²) in [4.78, 5) is 18.3. The first-order valence-electron chi connectivity index (χ1n) is 7.53. The highest BCUT2D eigenvalue weighted by Crippen LogP contribution is 2.38. The normalized spacial score (nSPS) is 15.5. The van der Waals surface area contributed by atoms with Gasteiger partial charge in [0.25, 0.3) is 0 Å². The lowest BCUT2D eigenvalue weighted by atomic mass is 10.1. The smallest absolute Gasteiger partial charge is 0.243 e. The second-order valence-electron chi connectivity index (χ2n) is 5.72. The number of carbonyl (C=O) groups is 1. The van der Waals surface area contributed by atoms with Crippen LogP contribution in [0.25, 0.3) is 0 Å². The molecule has 0 spiro atoms. The quantitative estimate of drug-likeness (QED) is 0.876. The second-order valence-corrected chi connectivity index (χ2v) is 5.72. The van der Waals surface area contributed by atoms with Gasteiger partial charge in [-0.05, 0) is 18.4 Å². The molecule has 1 atom stereocenters. The fourth-order valence-electron chi connectivity index (χ4n) is 2.28. The fourth-order valence-corrected chi connectivity index (χ4v) is 2.28. The number of hydrogen-bond acceptors (Lipinski definition) is 5. The van der Waals surface area contributed by atoms with E-state index in [-0.39, 0.29) is 5.91 Å². The zero-order valence-electron chi connectivity index (χ0n) is 12.6. The van der Waals surface area contributed by atoms with Crippen LogP contribution in [0.2, 0.25) is 0 Å². The molecule has 1 fully saturated rings. The summed E-state index contributed by atoms with van der Waals surface area (Å²) in [7, 11) is 1.74. The van der Waals surface area contributed by atoms with E-state index in [1.54, 1.807) is 11.9 Å². The summed E-state index contributed by atoms with van der Waals surface area (Å²) in [5, 5.41) is 3.96. The number of amides is 1. The molecule has 1 saturated carbocycles. The van der Waals surface area contributed by atoms with Crippen molar-refractivity contribution in [2.45, 2.75) is 31.2 Å². The Morgan fingerprint density at radius 2 is 2.14 bits per heavy atom. The van der Waals surface area contributed by atoms with Crippen molar-refractivity contribution in [1.29, 1.82) is 0 Å². The van der Waals surface area contributed by atoms with Gasteiger partial charge in [-0.2, -0.15) is 4.98 Å². The first-order valence-corrected chi connectivity index (χ1v) is 7.53. The molecule has 1 aromatic heterocycles. The molecule has 0 aliphatic heterocycles. The molecule has 0 saturated heterocycles. The third-order valence-corrected chi connectivity index (χ3v) is 3.88. The molecule has 0 bridgehead atoms. The van der Waals surface area contributed by atoms with Crippen LogP contribution in [0.4, 0.5) is 0 Å². The van der Waals surface area contributed by atoms with Gasteiger partial charge in [-0.3, -0.25) is 4.79 Å². The maximum Gasteiger partial charge on any atom is 0.243 e. The standard InChI is InChI=1S/C16H20N4O2/c1-20(16(21)14(17)11-5-3-2-4-6-11)10-9-13-18-15(22-19-13)12-7-8-12/h2-6,12,14H,7-10,17H2,1H3/t14-/m1/s1. The number of carbonyl (C=O) groups excluding carboxylic acids is 1. The Hall–Kier alpha value is -2.21. The molecule has 6 heteroatoms. The lowest BCUT2D eigenvalue weighted by Gasteiger charge is -2.20. The predicted octanol–water partition coefficient (Wildman–Crippen LogP) is 1.65. The highest BCUT2D eigenvalue weighted by Gasteiger charge is 2.29. The van der Waals surface area contributed by atoms with E-state index in [2.05, 4.69) is 10.1 Å². The molecule has 22 heavy (non-hydrogen) atoms. The number of benzene rings is 1. The highest BCUT2D eigenvalue weighted by atomic mass is 16.5. The minimum Gasteiger partial charge on any atom is -0.344 e. The first-order chi connectivity index (χ1) is 10.6. The minimum atomic E-state index is -0.640. The molecular weight excluding hydrogens is 280 g/mol. The van der Waals surface area contributed by atoms with E-state index in [1.165, 1.54) is 0 Å². The van der Waals surface area contributed by atoms with Gasteiger partial charge in [-0.25, -0.2) is 0 Å². The Balaban J connectivity index is 1.54. The van der Waals surface area contributed by atoms with E-state index >= 15 is 0 Å². The van der Waals surface area contributed by atoms with Crippen LogP contribution >= 0.6 is 0 Å². The Morgan fingerprint density at radius 1 is 1.41 bits per heavy atom. The van der Waals surface area contributed by atoms with Crippen LogP contribution in [0.1, 0.15) is 42.1 Å². The van der Waals surface area contributed by atoms with E-state index in [9.17, 15) is 4.79 Å². The minimum absolute atomic E-state index is 0.114. The average molecular weight is 300 g/mol. The lowest BCUT2D eigenvalue weighted by molar-refractivity contribution is -0.131. The van der Waals surface area contributed by atoms with Gasteiger partial charge in [0.2, 0.25) is 11.8 Å². The molecule has 0 radical (unpaired) electrons. The number of likely N-dealkylation sites (N-methyl/N-ethyl adjacent to an activating group) is 1. The van der Waals surface area contributed by atoms with Crippen LogP contribution in [0.5, 0.6) is 0 Å². The molecule has 1 aromatic carbocycles. The third kappa shape index (κ3) is 3.33. The van der Waals surface area contributed by atoms with Crippen molar-refractivity contribution >= 4 is 5.91 Å². The molecule has 1 amide bonds. The summed E-state index contributed by atoms with van der Waals surface area (Å²) in [6.45, 7) is 0.517. The van der Waals surface area contributed by atoms with Crippen molar-refractivity contribution in [2.75, 3.05) is 13.6 Å². The number of aromatic nitrogens is 2. The van der Waals surface area contributed by atoms with Crippen LogP contribution in [0.15, 0.2) is 34.9 Å². The monoisotopic (exact) mass is 300 g/mol.